The Balaban J connectivity index is 2.30. The zero-order valence-electron chi connectivity index (χ0n) is 8.81. The van der Waals surface area contributed by atoms with E-state index in [2.05, 4.69) is 0 Å². The van der Waals surface area contributed by atoms with Crippen molar-refractivity contribution in [1.82, 2.24) is 4.90 Å². The van der Waals surface area contributed by atoms with Gasteiger partial charge in [0.2, 0.25) is 0 Å². The Hall–Kier alpha value is -2.08. The molecule has 1 aliphatic rings. The summed E-state index contributed by atoms with van der Waals surface area (Å²) in [5.41, 5.74) is 0.624. The van der Waals surface area contributed by atoms with Crippen molar-refractivity contribution in [3.05, 3.63) is 35.9 Å². The third-order valence-corrected chi connectivity index (χ3v) is 2.59. The van der Waals surface area contributed by atoms with Gasteiger partial charge in [0.05, 0.1) is 6.61 Å². The van der Waals surface area contributed by atoms with Gasteiger partial charge in [0.1, 0.15) is 0 Å². The first kappa shape index (κ1) is 11.4. The molecule has 1 saturated heterocycles. The summed E-state index contributed by atoms with van der Waals surface area (Å²) >= 11 is 0. The van der Waals surface area contributed by atoms with E-state index in [4.69, 9.17) is 14.9 Å². The molecule has 6 heteroatoms. The lowest BCUT2D eigenvalue weighted by Gasteiger charge is -2.23. The van der Waals surface area contributed by atoms with E-state index in [0.717, 1.165) is 4.90 Å². The van der Waals surface area contributed by atoms with Crippen molar-refractivity contribution in [2.75, 3.05) is 6.61 Å². The number of hydrogen-bond donors (Lipinski definition) is 2. The summed E-state index contributed by atoms with van der Waals surface area (Å²) in [4.78, 5) is 22.8. The summed E-state index contributed by atoms with van der Waals surface area (Å²) in [5.74, 6) is -1.20. The molecule has 0 saturated carbocycles. The molecule has 0 bridgehead atoms. The van der Waals surface area contributed by atoms with Crippen molar-refractivity contribution < 1.29 is 24.5 Å². The van der Waals surface area contributed by atoms with Gasteiger partial charge in [-0.05, 0) is 0 Å². The van der Waals surface area contributed by atoms with Crippen LogP contribution < -0.4 is 0 Å². The molecule has 0 aromatic heterocycles. The fraction of sp³-hybridized carbons (Fsp3) is 0.273. The molecule has 17 heavy (non-hydrogen) atoms. The van der Waals surface area contributed by atoms with Gasteiger partial charge in [0, 0.05) is 5.56 Å². The lowest BCUT2D eigenvalue weighted by Crippen LogP contribution is -2.42. The third kappa shape index (κ3) is 2.07. The second-order valence-corrected chi connectivity index (χ2v) is 3.64. The van der Waals surface area contributed by atoms with E-state index >= 15 is 0 Å². The normalized spacial score (nSPS) is 23.6. The number of rotatable bonds is 2. The Kier molecular flexibility index (Phi) is 2.97. The zero-order chi connectivity index (χ0) is 12.4. The van der Waals surface area contributed by atoms with Crippen LogP contribution in [0.15, 0.2) is 30.3 Å². The Morgan fingerprint density at radius 2 is 1.88 bits per heavy atom. The summed E-state index contributed by atoms with van der Waals surface area (Å²) in [6.45, 7) is -0.138. The van der Waals surface area contributed by atoms with Crippen LogP contribution in [-0.4, -0.2) is 39.8 Å². The Morgan fingerprint density at radius 3 is 2.41 bits per heavy atom. The highest BCUT2D eigenvalue weighted by atomic mass is 16.5. The Morgan fingerprint density at radius 1 is 1.24 bits per heavy atom. The van der Waals surface area contributed by atoms with Crippen LogP contribution in [0.25, 0.3) is 0 Å². The predicted molar refractivity (Wildman–Crippen MR) is 56.4 cm³/mol. The minimum absolute atomic E-state index is 0.138. The molecule has 1 heterocycles. The van der Waals surface area contributed by atoms with Crippen LogP contribution in [-0.2, 0) is 9.53 Å². The number of carbonyl (C=O) groups is 2. The van der Waals surface area contributed by atoms with E-state index in [1.807, 2.05) is 0 Å². The maximum atomic E-state index is 11.1. The highest BCUT2D eigenvalue weighted by Gasteiger charge is 2.42. The number of carboxylic acid groups (broad SMARTS) is 2. The molecule has 0 aliphatic carbocycles. The number of nitrogens with zero attached hydrogens (tertiary/aromatic N) is 1. The van der Waals surface area contributed by atoms with Crippen LogP contribution in [0.3, 0.4) is 0 Å². The summed E-state index contributed by atoms with van der Waals surface area (Å²) < 4.78 is 5.25. The monoisotopic (exact) mass is 237 g/mol. The van der Waals surface area contributed by atoms with Crippen molar-refractivity contribution in [2.45, 2.75) is 12.3 Å². The lowest BCUT2D eigenvalue weighted by atomic mass is 10.2. The fourth-order valence-electron chi connectivity index (χ4n) is 1.80. The third-order valence-electron chi connectivity index (χ3n) is 2.59. The van der Waals surface area contributed by atoms with Crippen LogP contribution in [0, 0.1) is 0 Å². The molecule has 0 spiro atoms. The van der Waals surface area contributed by atoms with Crippen molar-refractivity contribution in [2.24, 2.45) is 0 Å². The maximum absolute atomic E-state index is 11.1. The van der Waals surface area contributed by atoms with Gasteiger partial charge in [-0.1, -0.05) is 30.3 Å². The van der Waals surface area contributed by atoms with E-state index in [-0.39, 0.29) is 6.61 Å². The number of hydrogen-bond acceptors (Lipinski definition) is 3. The summed E-state index contributed by atoms with van der Waals surface area (Å²) in [5, 5.41) is 18.0. The number of aliphatic carboxylic acids is 1. The molecule has 1 aromatic carbocycles. The molecule has 2 N–H and O–H groups in total. The van der Waals surface area contributed by atoms with Crippen LogP contribution in [0.4, 0.5) is 4.79 Å². The summed E-state index contributed by atoms with van der Waals surface area (Å²) in [6.07, 6.45) is -2.15. The van der Waals surface area contributed by atoms with Gasteiger partial charge in [-0.3, -0.25) is 4.90 Å². The van der Waals surface area contributed by atoms with Crippen LogP contribution >= 0.6 is 0 Å². The topological polar surface area (TPSA) is 87.1 Å². The van der Waals surface area contributed by atoms with Gasteiger partial charge in [0.15, 0.2) is 12.3 Å². The van der Waals surface area contributed by atoms with Crippen LogP contribution in [0.5, 0.6) is 0 Å². The molecule has 1 fully saturated rings. The fourth-order valence-corrected chi connectivity index (χ4v) is 1.80. The average Bonchev–Trinajstić information content (AvgIpc) is 2.74. The minimum Gasteiger partial charge on any atom is -0.480 e. The molecule has 1 aliphatic heterocycles. The van der Waals surface area contributed by atoms with Gasteiger partial charge in [-0.15, -0.1) is 0 Å². The minimum atomic E-state index is -1.30. The highest BCUT2D eigenvalue weighted by molar-refractivity contribution is 5.80. The van der Waals surface area contributed by atoms with Gasteiger partial charge in [0.25, 0.3) is 0 Å². The largest absolute Gasteiger partial charge is 0.480 e. The molecule has 2 unspecified atom stereocenters. The van der Waals surface area contributed by atoms with Crippen LogP contribution in [0.1, 0.15) is 11.8 Å². The Labute approximate surface area is 97.0 Å². The van der Waals surface area contributed by atoms with Crippen molar-refractivity contribution >= 4 is 12.1 Å². The first-order chi connectivity index (χ1) is 8.11. The van der Waals surface area contributed by atoms with Crippen molar-refractivity contribution in [3.63, 3.8) is 0 Å². The average molecular weight is 237 g/mol. The first-order valence-electron chi connectivity index (χ1n) is 5.02. The van der Waals surface area contributed by atoms with E-state index < -0.39 is 24.3 Å². The molecular weight excluding hydrogens is 226 g/mol. The summed E-state index contributed by atoms with van der Waals surface area (Å²) in [7, 11) is 0. The second kappa shape index (κ2) is 4.42. The van der Waals surface area contributed by atoms with E-state index in [9.17, 15) is 9.59 Å². The molecule has 0 radical (unpaired) electrons. The second-order valence-electron chi connectivity index (χ2n) is 3.64. The zero-order valence-corrected chi connectivity index (χ0v) is 8.81. The molecule has 1 aromatic rings. The first-order valence-corrected chi connectivity index (χ1v) is 5.02. The van der Waals surface area contributed by atoms with Gasteiger partial charge < -0.3 is 14.9 Å². The highest BCUT2D eigenvalue weighted by Crippen LogP contribution is 2.30. The molecule has 2 atom stereocenters. The lowest BCUT2D eigenvalue weighted by molar-refractivity contribution is -0.141. The Bertz CT molecular complexity index is 433. The predicted octanol–water partition coefficient (Wildman–Crippen LogP) is 1.15. The number of amides is 1. The molecular formula is C11H11NO5. The number of ether oxygens (including phenoxy) is 1. The van der Waals surface area contributed by atoms with E-state index in [1.54, 1.807) is 30.3 Å². The van der Waals surface area contributed by atoms with Gasteiger partial charge >= 0.3 is 12.1 Å². The van der Waals surface area contributed by atoms with Crippen LogP contribution in [0.2, 0.25) is 0 Å². The molecule has 90 valence electrons. The number of carboxylic acids is 1. The quantitative estimate of drug-likeness (QED) is 0.805. The molecule has 1 amide bonds. The van der Waals surface area contributed by atoms with Gasteiger partial charge in [-0.25, -0.2) is 9.59 Å². The smallest absolute Gasteiger partial charge is 0.410 e. The maximum Gasteiger partial charge on any atom is 0.410 e. The molecule has 2 rings (SSSR count). The summed E-state index contributed by atoms with van der Waals surface area (Å²) in [6, 6.07) is 7.52. The molecule has 6 nitrogen and oxygen atoms in total. The van der Waals surface area contributed by atoms with E-state index in [0.29, 0.717) is 5.56 Å². The van der Waals surface area contributed by atoms with E-state index in [1.165, 1.54) is 0 Å². The SMILES string of the molecule is O=C(O)C1COC(c2ccccc2)N1C(=O)O. The van der Waals surface area contributed by atoms with Crippen molar-refractivity contribution in [1.29, 1.82) is 0 Å². The van der Waals surface area contributed by atoms with Gasteiger partial charge in [-0.2, -0.15) is 0 Å². The number of benzene rings is 1. The standard InChI is InChI=1S/C11H11NO5/c13-10(14)8-6-17-9(12(8)11(15)16)7-4-2-1-3-5-7/h1-5,8-9H,6H2,(H,13,14)(H,15,16). The van der Waals surface area contributed by atoms with Crippen molar-refractivity contribution in [3.8, 4) is 0 Å².